The molecule has 0 aliphatic heterocycles. The number of methoxy groups -OCH3 is 1. The normalized spacial score (nSPS) is 16.1. The number of carbonyl (C=O) groups excluding carboxylic acids is 2. The third kappa shape index (κ3) is 6.77. The Balaban J connectivity index is 1.66. The van der Waals surface area contributed by atoms with E-state index in [1.807, 2.05) is 24.3 Å². The van der Waals surface area contributed by atoms with Crippen LogP contribution < -0.4 is 10.1 Å². The summed E-state index contributed by atoms with van der Waals surface area (Å²) in [5.74, 6) is 0.857. The molecule has 1 aliphatic rings. The SMILES string of the molecule is COc1ccc(CNC(=O)C(C)OC(=O)CCC2CCCCC2)cc1. The molecule has 0 heterocycles. The van der Waals surface area contributed by atoms with Gasteiger partial charge in [-0.25, -0.2) is 0 Å². The van der Waals surface area contributed by atoms with Crippen molar-refractivity contribution < 1.29 is 19.1 Å². The summed E-state index contributed by atoms with van der Waals surface area (Å²) in [6.45, 7) is 2.01. The first-order valence-corrected chi connectivity index (χ1v) is 9.18. The summed E-state index contributed by atoms with van der Waals surface area (Å²) >= 11 is 0. The molecule has 138 valence electrons. The molecule has 0 bridgehead atoms. The van der Waals surface area contributed by atoms with E-state index in [0.29, 0.717) is 18.9 Å². The van der Waals surface area contributed by atoms with Crippen LogP contribution in [-0.4, -0.2) is 25.1 Å². The summed E-state index contributed by atoms with van der Waals surface area (Å²) in [5, 5.41) is 2.79. The first kappa shape index (κ1) is 19.3. The second-order valence-corrected chi connectivity index (χ2v) is 6.74. The van der Waals surface area contributed by atoms with Crippen molar-refractivity contribution in [2.45, 2.75) is 64.5 Å². The standard InChI is InChI=1S/C20H29NO4/c1-15(25-19(22)13-10-16-6-4-3-5-7-16)20(23)21-14-17-8-11-18(24-2)12-9-17/h8-9,11-12,15-16H,3-7,10,13-14H2,1-2H3,(H,21,23). The third-order valence-electron chi connectivity index (χ3n) is 4.78. The lowest BCUT2D eigenvalue weighted by Gasteiger charge is -2.21. The molecule has 2 rings (SSSR count). The Morgan fingerprint density at radius 1 is 1.16 bits per heavy atom. The largest absolute Gasteiger partial charge is 0.497 e. The summed E-state index contributed by atoms with van der Waals surface area (Å²) in [7, 11) is 1.61. The van der Waals surface area contributed by atoms with E-state index in [1.165, 1.54) is 32.1 Å². The number of carbonyl (C=O) groups is 2. The van der Waals surface area contributed by atoms with Crippen LogP contribution in [0.5, 0.6) is 5.75 Å². The van der Waals surface area contributed by atoms with Gasteiger partial charge in [0.05, 0.1) is 7.11 Å². The highest BCUT2D eigenvalue weighted by molar-refractivity contribution is 5.83. The van der Waals surface area contributed by atoms with Crippen molar-refractivity contribution in [1.82, 2.24) is 5.32 Å². The van der Waals surface area contributed by atoms with Gasteiger partial charge in [-0.05, 0) is 37.0 Å². The van der Waals surface area contributed by atoms with Crippen molar-refractivity contribution in [2.24, 2.45) is 5.92 Å². The fraction of sp³-hybridized carbons (Fsp3) is 0.600. The van der Waals surface area contributed by atoms with E-state index in [-0.39, 0.29) is 11.9 Å². The summed E-state index contributed by atoms with van der Waals surface area (Å²) in [6.07, 6.45) is 6.79. The van der Waals surface area contributed by atoms with E-state index < -0.39 is 6.10 Å². The second kappa shape index (κ2) is 10.1. The molecule has 1 fully saturated rings. The minimum absolute atomic E-state index is 0.276. The zero-order valence-electron chi connectivity index (χ0n) is 15.3. The Bertz CT molecular complexity index is 549. The average molecular weight is 347 g/mol. The number of benzene rings is 1. The summed E-state index contributed by atoms with van der Waals surface area (Å²) < 4.78 is 10.4. The highest BCUT2D eigenvalue weighted by Crippen LogP contribution is 2.27. The van der Waals surface area contributed by atoms with E-state index in [0.717, 1.165) is 17.7 Å². The molecule has 1 N–H and O–H groups in total. The van der Waals surface area contributed by atoms with Crippen LogP contribution in [0, 0.1) is 5.92 Å². The lowest BCUT2D eigenvalue weighted by Crippen LogP contribution is -2.35. The number of hydrogen-bond donors (Lipinski definition) is 1. The lowest BCUT2D eigenvalue weighted by atomic mass is 9.86. The molecule has 5 heteroatoms. The van der Waals surface area contributed by atoms with Crippen LogP contribution in [-0.2, 0) is 20.9 Å². The molecule has 1 atom stereocenters. The zero-order chi connectivity index (χ0) is 18.1. The fourth-order valence-electron chi connectivity index (χ4n) is 3.18. The molecule has 0 spiro atoms. The van der Waals surface area contributed by atoms with Crippen LogP contribution in [0.4, 0.5) is 0 Å². The summed E-state index contributed by atoms with van der Waals surface area (Å²) in [5.41, 5.74) is 0.963. The van der Waals surface area contributed by atoms with Gasteiger partial charge in [0.15, 0.2) is 6.10 Å². The van der Waals surface area contributed by atoms with Crippen molar-refractivity contribution in [3.8, 4) is 5.75 Å². The summed E-state index contributed by atoms with van der Waals surface area (Å²) in [4.78, 5) is 24.0. The topological polar surface area (TPSA) is 64.6 Å². The molecule has 5 nitrogen and oxygen atoms in total. The van der Waals surface area contributed by atoms with E-state index in [4.69, 9.17) is 9.47 Å². The fourth-order valence-corrected chi connectivity index (χ4v) is 3.18. The maximum Gasteiger partial charge on any atom is 0.306 e. The molecule has 1 unspecified atom stereocenters. The number of esters is 1. The van der Waals surface area contributed by atoms with Gasteiger partial charge in [0.2, 0.25) is 0 Å². The van der Waals surface area contributed by atoms with Crippen molar-refractivity contribution in [3.05, 3.63) is 29.8 Å². The van der Waals surface area contributed by atoms with Gasteiger partial charge >= 0.3 is 5.97 Å². The Kier molecular flexibility index (Phi) is 7.76. The molecule has 25 heavy (non-hydrogen) atoms. The van der Waals surface area contributed by atoms with Crippen molar-refractivity contribution in [2.75, 3.05) is 7.11 Å². The quantitative estimate of drug-likeness (QED) is 0.730. The van der Waals surface area contributed by atoms with E-state index in [9.17, 15) is 9.59 Å². The Morgan fingerprint density at radius 3 is 2.48 bits per heavy atom. The number of nitrogens with one attached hydrogen (secondary N) is 1. The molecule has 1 saturated carbocycles. The van der Waals surface area contributed by atoms with Crippen LogP contribution in [0.2, 0.25) is 0 Å². The van der Waals surface area contributed by atoms with Gasteiger partial charge in [-0.2, -0.15) is 0 Å². The lowest BCUT2D eigenvalue weighted by molar-refractivity contribution is -0.155. The monoisotopic (exact) mass is 347 g/mol. The maximum absolute atomic E-state index is 12.1. The highest BCUT2D eigenvalue weighted by Gasteiger charge is 2.19. The molecule has 1 aromatic rings. The van der Waals surface area contributed by atoms with Crippen LogP contribution in [0.1, 0.15) is 57.4 Å². The van der Waals surface area contributed by atoms with Crippen LogP contribution in [0.15, 0.2) is 24.3 Å². The van der Waals surface area contributed by atoms with E-state index in [2.05, 4.69) is 5.32 Å². The van der Waals surface area contributed by atoms with Crippen LogP contribution >= 0.6 is 0 Å². The smallest absolute Gasteiger partial charge is 0.306 e. The number of ether oxygens (including phenoxy) is 2. The van der Waals surface area contributed by atoms with Crippen LogP contribution in [0.25, 0.3) is 0 Å². The van der Waals surface area contributed by atoms with Gasteiger partial charge in [-0.1, -0.05) is 44.2 Å². The van der Waals surface area contributed by atoms with Crippen molar-refractivity contribution in [1.29, 1.82) is 0 Å². The Morgan fingerprint density at radius 2 is 1.84 bits per heavy atom. The number of hydrogen-bond acceptors (Lipinski definition) is 4. The summed E-state index contributed by atoms with van der Waals surface area (Å²) in [6, 6.07) is 7.46. The molecule has 1 aromatic carbocycles. The van der Waals surface area contributed by atoms with Gasteiger partial charge in [-0.15, -0.1) is 0 Å². The molecule has 0 radical (unpaired) electrons. The first-order chi connectivity index (χ1) is 12.1. The maximum atomic E-state index is 12.1. The van der Waals surface area contributed by atoms with E-state index in [1.54, 1.807) is 14.0 Å². The van der Waals surface area contributed by atoms with Crippen molar-refractivity contribution >= 4 is 11.9 Å². The minimum atomic E-state index is -0.767. The van der Waals surface area contributed by atoms with Crippen LogP contribution in [0.3, 0.4) is 0 Å². The molecule has 0 saturated heterocycles. The van der Waals surface area contributed by atoms with E-state index >= 15 is 0 Å². The van der Waals surface area contributed by atoms with Gasteiger partial charge < -0.3 is 14.8 Å². The Labute approximate surface area is 150 Å². The molecule has 1 aliphatic carbocycles. The third-order valence-corrected chi connectivity index (χ3v) is 4.78. The second-order valence-electron chi connectivity index (χ2n) is 6.74. The van der Waals surface area contributed by atoms with Gasteiger partial charge in [0, 0.05) is 13.0 Å². The van der Waals surface area contributed by atoms with Gasteiger partial charge in [0.25, 0.3) is 5.91 Å². The van der Waals surface area contributed by atoms with Gasteiger partial charge in [0.1, 0.15) is 5.75 Å². The zero-order valence-corrected chi connectivity index (χ0v) is 15.3. The minimum Gasteiger partial charge on any atom is -0.497 e. The predicted octanol–water partition coefficient (Wildman–Crippen LogP) is 3.60. The number of amides is 1. The molecule has 1 amide bonds. The highest BCUT2D eigenvalue weighted by atomic mass is 16.5. The van der Waals surface area contributed by atoms with Gasteiger partial charge in [-0.3, -0.25) is 9.59 Å². The number of rotatable bonds is 8. The molecular formula is C20H29NO4. The average Bonchev–Trinajstić information content (AvgIpc) is 2.65. The molecular weight excluding hydrogens is 318 g/mol. The first-order valence-electron chi connectivity index (χ1n) is 9.18. The predicted molar refractivity (Wildman–Crippen MR) is 96.2 cm³/mol. The Hall–Kier alpha value is -2.04. The molecule has 0 aromatic heterocycles. The van der Waals surface area contributed by atoms with Crippen molar-refractivity contribution in [3.63, 3.8) is 0 Å².